The first-order chi connectivity index (χ1) is 13.8. The minimum atomic E-state index is -0.0219. The minimum Gasteiger partial charge on any atom is -0.490 e. The van der Waals surface area contributed by atoms with Crippen LogP contribution in [0.15, 0.2) is 48.8 Å². The molecule has 1 aromatic heterocycles. The van der Waals surface area contributed by atoms with Crippen LogP contribution in [0.25, 0.3) is 0 Å². The molecule has 2 fully saturated rings. The summed E-state index contributed by atoms with van der Waals surface area (Å²) < 4.78 is 6.19. The lowest BCUT2D eigenvalue weighted by molar-refractivity contribution is 0.0927. The summed E-state index contributed by atoms with van der Waals surface area (Å²) in [4.78, 5) is 19.0. The van der Waals surface area contributed by atoms with Crippen molar-refractivity contribution in [1.82, 2.24) is 20.5 Å². The van der Waals surface area contributed by atoms with Crippen LogP contribution in [0.4, 0.5) is 0 Å². The van der Waals surface area contributed by atoms with Gasteiger partial charge in [0.05, 0.1) is 0 Å². The number of benzene rings is 1. The fourth-order valence-electron chi connectivity index (χ4n) is 3.88. The Morgan fingerprint density at radius 3 is 2.75 bits per heavy atom. The number of carbonyl (C=O) groups excluding carboxylic acids is 1. The average molecular weight is 380 g/mol. The Kier molecular flexibility index (Phi) is 6.19. The van der Waals surface area contributed by atoms with E-state index in [9.17, 15) is 4.79 Å². The summed E-state index contributed by atoms with van der Waals surface area (Å²) in [5, 5.41) is 6.35. The third-order valence-electron chi connectivity index (χ3n) is 5.48. The van der Waals surface area contributed by atoms with Crippen molar-refractivity contribution in [3.63, 3.8) is 0 Å². The van der Waals surface area contributed by atoms with Gasteiger partial charge in [0.15, 0.2) is 0 Å². The lowest BCUT2D eigenvalue weighted by Crippen LogP contribution is -2.38. The van der Waals surface area contributed by atoms with E-state index in [-0.39, 0.29) is 18.1 Å². The zero-order chi connectivity index (χ0) is 19.2. The van der Waals surface area contributed by atoms with E-state index in [4.69, 9.17) is 4.74 Å². The Morgan fingerprint density at radius 2 is 2.00 bits per heavy atom. The van der Waals surface area contributed by atoms with Gasteiger partial charge in [-0.1, -0.05) is 6.07 Å². The summed E-state index contributed by atoms with van der Waals surface area (Å²) >= 11 is 0. The van der Waals surface area contributed by atoms with Crippen LogP contribution in [0.1, 0.15) is 35.2 Å². The van der Waals surface area contributed by atoms with Crippen molar-refractivity contribution < 1.29 is 9.53 Å². The van der Waals surface area contributed by atoms with Crippen LogP contribution >= 0.6 is 0 Å². The molecule has 28 heavy (non-hydrogen) atoms. The average Bonchev–Trinajstić information content (AvgIpc) is 3.23. The van der Waals surface area contributed by atoms with Crippen LogP contribution in [0.2, 0.25) is 0 Å². The van der Waals surface area contributed by atoms with Crippen LogP contribution in [0, 0.1) is 0 Å². The highest BCUT2D eigenvalue weighted by atomic mass is 16.5. The van der Waals surface area contributed by atoms with Crippen molar-refractivity contribution in [2.24, 2.45) is 0 Å². The van der Waals surface area contributed by atoms with E-state index >= 15 is 0 Å². The second-order valence-electron chi connectivity index (χ2n) is 7.64. The molecule has 1 atom stereocenters. The van der Waals surface area contributed by atoms with Gasteiger partial charge >= 0.3 is 0 Å². The Labute approximate surface area is 166 Å². The van der Waals surface area contributed by atoms with Crippen molar-refractivity contribution in [2.45, 2.75) is 38.0 Å². The number of pyridine rings is 1. The third-order valence-corrected chi connectivity index (χ3v) is 5.48. The van der Waals surface area contributed by atoms with Gasteiger partial charge in [0.2, 0.25) is 0 Å². The maximum Gasteiger partial charge on any atom is 0.251 e. The Hall–Kier alpha value is -2.44. The molecule has 2 aromatic rings. The van der Waals surface area contributed by atoms with Gasteiger partial charge in [-0.15, -0.1) is 0 Å². The Morgan fingerprint density at radius 1 is 1.18 bits per heavy atom. The van der Waals surface area contributed by atoms with Crippen LogP contribution in [-0.2, 0) is 6.54 Å². The van der Waals surface area contributed by atoms with E-state index in [1.54, 1.807) is 0 Å². The van der Waals surface area contributed by atoms with E-state index in [1.165, 1.54) is 5.56 Å². The number of hydrogen-bond acceptors (Lipinski definition) is 5. The number of aromatic nitrogens is 1. The molecule has 0 unspecified atom stereocenters. The predicted octanol–water partition coefficient (Wildman–Crippen LogP) is 2.22. The molecule has 148 valence electrons. The first-order valence-corrected chi connectivity index (χ1v) is 10.2. The molecule has 0 radical (unpaired) electrons. The second-order valence-corrected chi connectivity index (χ2v) is 7.64. The summed E-state index contributed by atoms with van der Waals surface area (Å²) in [6.07, 6.45) is 6.87. The second kappa shape index (κ2) is 9.17. The summed E-state index contributed by atoms with van der Waals surface area (Å²) in [6.45, 7) is 4.80. The van der Waals surface area contributed by atoms with Gasteiger partial charge in [0, 0.05) is 50.2 Å². The number of amides is 1. The molecule has 2 saturated heterocycles. The molecule has 1 aromatic carbocycles. The number of carbonyl (C=O) groups is 1. The number of likely N-dealkylation sites (tertiary alicyclic amines) is 1. The monoisotopic (exact) mass is 380 g/mol. The normalized spacial score (nSPS) is 20.8. The molecule has 6 heteroatoms. The molecule has 0 aliphatic carbocycles. The highest BCUT2D eigenvalue weighted by Gasteiger charge is 2.21. The zero-order valence-corrected chi connectivity index (χ0v) is 16.1. The lowest BCUT2D eigenvalue weighted by atomic mass is 10.1. The largest absolute Gasteiger partial charge is 0.490 e. The first kappa shape index (κ1) is 18.9. The summed E-state index contributed by atoms with van der Waals surface area (Å²) in [5.41, 5.74) is 1.96. The highest BCUT2D eigenvalue weighted by Crippen LogP contribution is 2.21. The fourth-order valence-corrected chi connectivity index (χ4v) is 3.88. The molecule has 0 spiro atoms. The molecule has 1 amide bonds. The first-order valence-electron chi connectivity index (χ1n) is 10.2. The van der Waals surface area contributed by atoms with Crippen molar-refractivity contribution >= 4 is 5.91 Å². The number of nitrogens with zero attached hydrogens (tertiary/aromatic N) is 2. The molecule has 2 aliphatic heterocycles. The Bertz CT molecular complexity index is 769. The van der Waals surface area contributed by atoms with Crippen molar-refractivity contribution in [3.05, 3.63) is 59.9 Å². The smallest absolute Gasteiger partial charge is 0.251 e. The number of piperidine rings is 1. The predicted molar refractivity (Wildman–Crippen MR) is 108 cm³/mol. The number of ether oxygens (including phenoxy) is 1. The quantitative estimate of drug-likeness (QED) is 0.804. The maximum atomic E-state index is 12.5. The van der Waals surface area contributed by atoms with Gasteiger partial charge in [0.1, 0.15) is 11.9 Å². The maximum absolute atomic E-state index is 12.5. The molecule has 6 nitrogen and oxygen atoms in total. The number of nitrogens with one attached hydrogen (secondary N) is 2. The summed E-state index contributed by atoms with van der Waals surface area (Å²) in [5.74, 6) is 0.760. The van der Waals surface area contributed by atoms with E-state index in [1.807, 2.05) is 36.7 Å². The minimum absolute atomic E-state index is 0.0219. The van der Waals surface area contributed by atoms with E-state index in [2.05, 4.69) is 32.7 Å². The van der Waals surface area contributed by atoms with Crippen LogP contribution in [0.5, 0.6) is 5.75 Å². The summed E-state index contributed by atoms with van der Waals surface area (Å²) in [7, 11) is 0. The fraction of sp³-hybridized carbons (Fsp3) is 0.455. The molecule has 0 bridgehead atoms. The number of rotatable bonds is 6. The number of hydrogen-bond donors (Lipinski definition) is 2. The summed E-state index contributed by atoms with van der Waals surface area (Å²) in [6, 6.07) is 11.9. The van der Waals surface area contributed by atoms with E-state index < -0.39 is 0 Å². The lowest BCUT2D eigenvalue weighted by Gasteiger charge is -2.32. The van der Waals surface area contributed by atoms with Gasteiger partial charge in [-0.2, -0.15) is 0 Å². The highest BCUT2D eigenvalue weighted by molar-refractivity contribution is 5.94. The Balaban J connectivity index is 1.27. The zero-order valence-electron chi connectivity index (χ0n) is 16.1. The molecular formula is C22H28N4O2. The van der Waals surface area contributed by atoms with Gasteiger partial charge < -0.3 is 15.4 Å². The molecular weight excluding hydrogens is 352 g/mol. The molecule has 0 saturated carbocycles. The SMILES string of the molecule is O=C(N[C@@H]1CCNC1)c1cccc(OC2CCN(Cc3ccncc3)CC2)c1. The van der Waals surface area contributed by atoms with Gasteiger partial charge in [-0.05, 0) is 61.7 Å². The van der Waals surface area contributed by atoms with Gasteiger partial charge in [0.25, 0.3) is 5.91 Å². The van der Waals surface area contributed by atoms with Crippen LogP contribution < -0.4 is 15.4 Å². The molecule has 3 heterocycles. The molecule has 2 aliphatic rings. The molecule has 2 N–H and O–H groups in total. The third kappa shape index (κ3) is 5.09. The van der Waals surface area contributed by atoms with Crippen molar-refractivity contribution in [3.8, 4) is 5.75 Å². The van der Waals surface area contributed by atoms with Crippen molar-refractivity contribution in [1.29, 1.82) is 0 Å². The van der Waals surface area contributed by atoms with Crippen LogP contribution in [-0.4, -0.2) is 54.1 Å². The van der Waals surface area contributed by atoms with Crippen molar-refractivity contribution in [2.75, 3.05) is 26.2 Å². The standard InChI is InChI=1S/C22H28N4O2/c27-22(25-19-6-11-24-15-19)18-2-1-3-21(14-18)28-20-7-12-26(13-8-20)16-17-4-9-23-10-5-17/h1-5,9-10,14,19-20,24H,6-8,11-13,15-16H2,(H,25,27)/t19-/m1/s1. The van der Waals surface area contributed by atoms with E-state index in [0.29, 0.717) is 5.56 Å². The topological polar surface area (TPSA) is 66.5 Å². The van der Waals surface area contributed by atoms with Crippen LogP contribution in [0.3, 0.4) is 0 Å². The van der Waals surface area contributed by atoms with E-state index in [0.717, 1.165) is 57.7 Å². The van der Waals surface area contributed by atoms with Gasteiger partial charge in [-0.3, -0.25) is 14.7 Å². The van der Waals surface area contributed by atoms with Gasteiger partial charge in [-0.25, -0.2) is 0 Å². The molecule has 4 rings (SSSR count).